The first-order valence-electron chi connectivity index (χ1n) is 9.26. The molecule has 2 aromatic rings. The van der Waals surface area contributed by atoms with Crippen LogP contribution in [0.25, 0.3) is 10.8 Å². The Balaban J connectivity index is 1.57. The zero-order valence-electron chi connectivity index (χ0n) is 15.5. The molecule has 0 spiro atoms. The number of carbonyl (C=O) groups is 2. The van der Waals surface area contributed by atoms with Gasteiger partial charge in [-0.25, -0.2) is 4.79 Å². The number of nitrogens with one attached hydrogen (secondary N) is 4. The number of fused-ring (bicyclic) bond motifs is 1. The summed E-state index contributed by atoms with van der Waals surface area (Å²) in [6, 6.07) is 14.4. The van der Waals surface area contributed by atoms with Crippen molar-refractivity contribution in [2.75, 3.05) is 33.2 Å². The minimum atomic E-state index is -0.443. The van der Waals surface area contributed by atoms with Gasteiger partial charge in [0.15, 0.2) is 6.04 Å². The monoisotopic (exact) mass is 356 g/mol. The minimum Gasteiger partial charge on any atom is -0.341 e. The molecule has 1 aliphatic rings. The van der Waals surface area contributed by atoms with Gasteiger partial charge in [-0.15, -0.1) is 0 Å². The highest BCUT2D eigenvalue weighted by molar-refractivity contribution is 5.96. The van der Waals surface area contributed by atoms with Crippen LogP contribution in [0.2, 0.25) is 0 Å². The molecule has 1 atom stereocenters. The van der Waals surface area contributed by atoms with Crippen molar-refractivity contribution in [2.24, 2.45) is 0 Å². The molecule has 138 valence electrons. The predicted molar refractivity (Wildman–Crippen MR) is 101 cm³/mol. The topological polar surface area (TPSA) is 67.1 Å². The third-order valence-corrected chi connectivity index (χ3v) is 5.39. The quantitative estimate of drug-likeness (QED) is 0.566. The number of benzene rings is 2. The maximum Gasteiger partial charge on any atom is 0.321 e. The zero-order valence-corrected chi connectivity index (χ0v) is 15.5. The maximum absolute atomic E-state index is 12.1. The first-order valence-corrected chi connectivity index (χ1v) is 9.26. The second-order valence-electron chi connectivity index (χ2n) is 7.01. The molecule has 0 saturated carbocycles. The van der Waals surface area contributed by atoms with Crippen molar-refractivity contribution < 1.29 is 19.4 Å². The molecule has 6 heteroatoms. The third kappa shape index (κ3) is 4.20. The summed E-state index contributed by atoms with van der Waals surface area (Å²) < 4.78 is 0. The van der Waals surface area contributed by atoms with Crippen LogP contribution in [-0.2, 0) is 11.3 Å². The molecule has 1 heterocycles. The van der Waals surface area contributed by atoms with Gasteiger partial charge in [0.05, 0.1) is 0 Å². The van der Waals surface area contributed by atoms with E-state index in [1.54, 1.807) is 4.90 Å². The first kappa shape index (κ1) is 18.4. The SMILES string of the molecule is CNC(=O)NC(=O)[C@H](C)[NH+]1CC[NH+](Cc2cccc3ccccc23)CC1. The van der Waals surface area contributed by atoms with E-state index < -0.39 is 6.03 Å². The fourth-order valence-electron chi connectivity index (χ4n) is 3.72. The van der Waals surface area contributed by atoms with Crippen molar-refractivity contribution in [2.45, 2.75) is 19.5 Å². The van der Waals surface area contributed by atoms with E-state index in [1.165, 1.54) is 28.3 Å². The lowest BCUT2D eigenvalue weighted by molar-refractivity contribution is -1.02. The van der Waals surface area contributed by atoms with E-state index in [-0.39, 0.29) is 11.9 Å². The molecule has 2 aromatic carbocycles. The summed E-state index contributed by atoms with van der Waals surface area (Å²) in [4.78, 5) is 26.2. The van der Waals surface area contributed by atoms with Crippen molar-refractivity contribution in [1.29, 1.82) is 0 Å². The average molecular weight is 356 g/mol. The molecular formula is C20H28N4O2+2. The second-order valence-corrected chi connectivity index (χ2v) is 7.01. The normalized spacial score (nSPS) is 21.2. The molecule has 0 aromatic heterocycles. The predicted octanol–water partition coefficient (Wildman–Crippen LogP) is -1.03. The van der Waals surface area contributed by atoms with Gasteiger partial charge in [-0.3, -0.25) is 10.1 Å². The first-order chi connectivity index (χ1) is 12.6. The van der Waals surface area contributed by atoms with Crippen LogP contribution in [0.3, 0.4) is 0 Å². The van der Waals surface area contributed by atoms with E-state index in [0.717, 1.165) is 32.7 Å². The average Bonchev–Trinajstić information content (AvgIpc) is 2.68. The Morgan fingerprint density at radius 3 is 2.46 bits per heavy atom. The van der Waals surface area contributed by atoms with Crippen LogP contribution in [0.5, 0.6) is 0 Å². The fourth-order valence-corrected chi connectivity index (χ4v) is 3.72. The number of rotatable bonds is 4. The lowest BCUT2D eigenvalue weighted by atomic mass is 10.0. The van der Waals surface area contributed by atoms with Crippen molar-refractivity contribution >= 4 is 22.7 Å². The molecule has 3 amide bonds. The van der Waals surface area contributed by atoms with Gasteiger partial charge in [0.25, 0.3) is 5.91 Å². The van der Waals surface area contributed by atoms with E-state index in [4.69, 9.17) is 0 Å². The van der Waals surface area contributed by atoms with Crippen LogP contribution in [0.15, 0.2) is 42.5 Å². The van der Waals surface area contributed by atoms with E-state index in [0.29, 0.717) is 0 Å². The van der Waals surface area contributed by atoms with Gasteiger partial charge in [-0.1, -0.05) is 42.5 Å². The standard InChI is InChI=1S/C20H26N4O2/c1-15(19(25)22-20(26)21-2)24-12-10-23(11-13-24)14-17-8-5-7-16-6-3-4-9-18(16)17/h3-9,15H,10-14H2,1-2H3,(H2,21,22,25,26)/p+2/t15-/m0/s1. The third-order valence-electron chi connectivity index (χ3n) is 5.39. The van der Waals surface area contributed by atoms with Crippen LogP contribution < -0.4 is 20.4 Å². The van der Waals surface area contributed by atoms with Crippen LogP contribution in [0.4, 0.5) is 4.79 Å². The summed E-state index contributed by atoms with van der Waals surface area (Å²) in [5.41, 5.74) is 1.38. The Morgan fingerprint density at radius 1 is 1.04 bits per heavy atom. The summed E-state index contributed by atoms with van der Waals surface area (Å²) in [6.45, 7) is 6.81. The molecule has 0 aliphatic carbocycles. The van der Waals surface area contributed by atoms with Gasteiger partial charge in [-0.2, -0.15) is 0 Å². The summed E-state index contributed by atoms with van der Waals surface area (Å²) in [6.07, 6.45) is 0. The smallest absolute Gasteiger partial charge is 0.321 e. The summed E-state index contributed by atoms with van der Waals surface area (Å²) in [5.74, 6) is -0.211. The van der Waals surface area contributed by atoms with Crippen molar-refractivity contribution in [3.8, 4) is 0 Å². The number of piperazine rings is 1. The summed E-state index contributed by atoms with van der Waals surface area (Å²) in [7, 11) is 1.51. The van der Waals surface area contributed by atoms with Gasteiger partial charge < -0.3 is 15.1 Å². The largest absolute Gasteiger partial charge is 0.341 e. The highest BCUT2D eigenvalue weighted by Crippen LogP contribution is 2.17. The summed E-state index contributed by atoms with van der Waals surface area (Å²) in [5, 5.41) is 7.41. The van der Waals surface area contributed by atoms with Gasteiger partial charge in [0, 0.05) is 12.6 Å². The second kappa shape index (κ2) is 8.29. The van der Waals surface area contributed by atoms with Crippen LogP contribution in [0.1, 0.15) is 12.5 Å². The number of quaternary nitrogens is 2. The molecule has 0 bridgehead atoms. The minimum absolute atomic E-state index is 0.211. The van der Waals surface area contributed by atoms with Crippen molar-refractivity contribution in [1.82, 2.24) is 10.6 Å². The number of hydrogen-bond donors (Lipinski definition) is 4. The molecular weight excluding hydrogens is 328 g/mol. The Labute approximate surface area is 154 Å². The molecule has 1 aliphatic heterocycles. The fraction of sp³-hybridized carbons (Fsp3) is 0.400. The lowest BCUT2D eigenvalue weighted by Gasteiger charge is -2.32. The Morgan fingerprint density at radius 2 is 1.73 bits per heavy atom. The van der Waals surface area contributed by atoms with Gasteiger partial charge in [0.1, 0.15) is 32.7 Å². The van der Waals surface area contributed by atoms with Crippen molar-refractivity contribution in [3.63, 3.8) is 0 Å². The summed E-state index contributed by atoms with van der Waals surface area (Å²) >= 11 is 0. The van der Waals surface area contributed by atoms with E-state index in [2.05, 4.69) is 53.1 Å². The molecule has 6 nitrogen and oxygen atoms in total. The van der Waals surface area contributed by atoms with Crippen molar-refractivity contribution in [3.05, 3.63) is 48.0 Å². The zero-order chi connectivity index (χ0) is 18.5. The molecule has 1 saturated heterocycles. The lowest BCUT2D eigenvalue weighted by Crippen LogP contribution is -3.29. The molecule has 1 fully saturated rings. The van der Waals surface area contributed by atoms with Gasteiger partial charge >= 0.3 is 6.03 Å². The van der Waals surface area contributed by atoms with E-state index in [1.807, 2.05) is 6.92 Å². The van der Waals surface area contributed by atoms with E-state index >= 15 is 0 Å². The number of imide groups is 1. The van der Waals surface area contributed by atoms with Crippen LogP contribution in [0, 0.1) is 0 Å². The number of urea groups is 1. The van der Waals surface area contributed by atoms with Gasteiger partial charge in [-0.05, 0) is 17.7 Å². The number of carbonyl (C=O) groups excluding carboxylic acids is 2. The van der Waals surface area contributed by atoms with Crippen LogP contribution in [-0.4, -0.2) is 51.2 Å². The van der Waals surface area contributed by atoms with Gasteiger partial charge in [0.2, 0.25) is 0 Å². The highest BCUT2D eigenvalue weighted by Gasteiger charge is 2.31. The molecule has 4 N–H and O–H groups in total. The Hall–Kier alpha value is -2.44. The Bertz CT molecular complexity index is 779. The van der Waals surface area contributed by atoms with E-state index in [9.17, 15) is 9.59 Å². The highest BCUT2D eigenvalue weighted by atomic mass is 16.2. The maximum atomic E-state index is 12.1. The molecule has 3 rings (SSSR count). The van der Waals surface area contributed by atoms with Crippen LogP contribution >= 0.6 is 0 Å². The molecule has 0 unspecified atom stereocenters. The molecule has 0 radical (unpaired) electrons. The molecule has 26 heavy (non-hydrogen) atoms. The number of amides is 3. The Kier molecular flexibility index (Phi) is 5.85. The number of hydrogen-bond acceptors (Lipinski definition) is 2.